The zero-order valence-corrected chi connectivity index (χ0v) is 28.6. The van der Waals surface area contributed by atoms with Gasteiger partial charge in [-0.1, -0.05) is 146 Å². The van der Waals surface area contributed by atoms with Crippen molar-refractivity contribution >= 4 is 64.9 Å². The number of para-hydroxylation sites is 1. The first-order valence-electron chi connectivity index (χ1n) is 18.0. The average molecular weight is 675 g/mol. The third-order valence-electron chi connectivity index (χ3n) is 10.6. The van der Waals surface area contributed by atoms with Gasteiger partial charge in [-0.05, 0) is 74.1 Å². The molecule has 0 radical (unpaired) electrons. The van der Waals surface area contributed by atoms with Gasteiger partial charge in [-0.25, -0.2) is 15.0 Å². The molecule has 2 heterocycles. The van der Waals surface area contributed by atoms with E-state index in [9.17, 15) is 0 Å². The van der Waals surface area contributed by atoms with Crippen LogP contribution in [-0.4, -0.2) is 19.5 Å². The average Bonchev–Trinajstić information content (AvgIpc) is 3.59. The largest absolute Gasteiger partial charge is 0.309 e. The quantitative estimate of drug-likeness (QED) is 0.175. The Balaban J connectivity index is 1.12. The first-order valence-corrected chi connectivity index (χ1v) is 18.0. The highest BCUT2D eigenvalue weighted by molar-refractivity contribution is 6.32. The van der Waals surface area contributed by atoms with E-state index in [2.05, 4.69) is 187 Å². The van der Waals surface area contributed by atoms with Gasteiger partial charge in [-0.3, -0.25) is 0 Å². The van der Waals surface area contributed by atoms with E-state index < -0.39 is 0 Å². The summed E-state index contributed by atoms with van der Waals surface area (Å²) in [5, 5.41) is 12.1. The standard InChI is InChI=1S/C49H30N4/c1-2-14-34-30-35(25-24-31(34)12-1)48-50-47(51-49(52-48)42-22-11-15-32-13-3-4-16-37(32)42)33-26-28-36(29-27-33)53-44-23-10-9-21-43(44)45-40-19-7-5-17-38(40)39-18-6-8-20-41(39)46(45)53/h1-30H. The van der Waals surface area contributed by atoms with Gasteiger partial charge in [0, 0.05) is 38.5 Å². The lowest BCUT2D eigenvalue weighted by atomic mass is 9.97. The van der Waals surface area contributed by atoms with Crippen LogP contribution in [0.1, 0.15) is 0 Å². The van der Waals surface area contributed by atoms with Crippen LogP contribution < -0.4 is 0 Å². The molecule has 0 amide bonds. The molecule has 0 aliphatic heterocycles. The van der Waals surface area contributed by atoms with Crippen LogP contribution in [0, 0.1) is 0 Å². The fourth-order valence-electron chi connectivity index (χ4n) is 8.16. The fraction of sp³-hybridized carbons (Fsp3) is 0. The molecule has 53 heavy (non-hydrogen) atoms. The third kappa shape index (κ3) is 4.66. The molecule has 0 fully saturated rings. The van der Waals surface area contributed by atoms with Crippen LogP contribution in [-0.2, 0) is 0 Å². The van der Waals surface area contributed by atoms with E-state index in [-0.39, 0.29) is 0 Å². The summed E-state index contributed by atoms with van der Waals surface area (Å²) in [5.41, 5.74) is 6.33. The highest BCUT2D eigenvalue weighted by Crippen LogP contribution is 2.42. The molecule has 0 unspecified atom stereocenters. The first-order chi connectivity index (χ1) is 26.3. The minimum atomic E-state index is 0.635. The molecule has 0 saturated carbocycles. The Bertz CT molecular complexity index is 3220. The van der Waals surface area contributed by atoms with E-state index in [1.54, 1.807) is 0 Å². The highest BCUT2D eigenvalue weighted by Gasteiger charge is 2.19. The molecule has 0 aliphatic carbocycles. The van der Waals surface area contributed by atoms with Gasteiger partial charge in [0.1, 0.15) is 0 Å². The lowest BCUT2D eigenvalue weighted by Gasteiger charge is -2.13. The highest BCUT2D eigenvalue weighted by atomic mass is 15.0. The summed E-state index contributed by atoms with van der Waals surface area (Å²) >= 11 is 0. The maximum atomic E-state index is 5.15. The van der Waals surface area contributed by atoms with Gasteiger partial charge in [0.15, 0.2) is 17.5 Å². The smallest absolute Gasteiger partial charge is 0.164 e. The predicted octanol–water partition coefficient (Wildman–Crippen LogP) is 12.6. The van der Waals surface area contributed by atoms with Crippen LogP contribution >= 0.6 is 0 Å². The van der Waals surface area contributed by atoms with E-state index in [4.69, 9.17) is 15.0 Å². The van der Waals surface area contributed by atoms with Gasteiger partial charge >= 0.3 is 0 Å². The second-order valence-electron chi connectivity index (χ2n) is 13.6. The number of hydrogen-bond donors (Lipinski definition) is 0. The van der Waals surface area contributed by atoms with Gasteiger partial charge in [0.05, 0.1) is 11.0 Å². The Morgan fingerprint density at radius 2 is 0.887 bits per heavy atom. The van der Waals surface area contributed by atoms with Gasteiger partial charge in [-0.2, -0.15) is 0 Å². The van der Waals surface area contributed by atoms with E-state index in [0.29, 0.717) is 17.5 Å². The molecule has 4 nitrogen and oxygen atoms in total. The van der Waals surface area contributed by atoms with Crippen molar-refractivity contribution in [2.75, 3.05) is 0 Å². The summed E-state index contributed by atoms with van der Waals surface area (Å²) in [6.45, 7) is 0. The SMILES string of the molecule is c1ccc2cc(-c3nc(-c4ccc(-n5c6ccccc6c6c7ccccc7c7ccccc7c65)cc4)nc(-c4cccc5ccccc45)n3)ccc2c1. The number of nitrogens with zero attached hydrogens (tertiary/aromatic N) is 4. The molecule has 9 aromatic carbocycles. The third-order valence-corrected chi connectivity index (χ3v) is 10.6. The summed E-state index contributed by atoms with van der Waals surface area (Å²) in [6, 6.07) is 64.5. The Hall–Kier alpha value is -7.17. The minimum Gasteiger partial charge on any atom is -0.309 e. The molecule has 0 N–H and O–H groups in total. The number of benzene rings is 9. The van der Waals surface area contributed by atoms with Crippen molar-refractivity contribution in [3.05, 3.63) is 182 Å². The number of aromatic nitrogens is 4. The molecular formula is C49H30N4. The first kappa shape index (κ1) is 29.5. The van der Waals surface area contributed by atoms with Crippen LogP contribution in [0.15, 0.2) is 182 Å². The maximum Gasteiger partial charge on any atom is 0.164 e. The Morgan fingerprint density at radius 1 is 0.340 bits per heavy atom. The molecular weight excluding hydrogens is 645 g/mol. The summed E-state index contributed by atoms with van der Waals surface area (Å²) in [5.74, 6) is 1.93. The van der Waals surface area contributed by atoms with Crippen molar-refractivity contribution in [1.82, 2.24) is 19.5 Å². The minimum absolute atomic E-state index is 0.635. The molecule has 4 heteroatoms. The zero-order chi connectivity index (χ0) is 34.9. The molecule has 0 saturated heterocycles. The molecule has 246 valence electrons. The van der Waals surface area contributed by atoms with Crippen LogP contribution in [0.4, 0.5) is 0 Å². The summed E-state index contributed by atoms with van der Waals surface area (Å²) < 4.78 is 2.42. The second-order valence-corrected chi connectivity index (χ2v) is 13.6. The van der Waals surface area contributed by atoms with Gasteiger partial charge in [-0.15, -0.1) is 0 Å². The molecule has 0 spiro atoms. The fourth-order valence-corrected chi connectivity index (χ4v) is 8.16. The molecule has 11 rings (SSSR count). The van der Waals surface area contributed by atoms with E-state index in [1.807, 2.05) is 0 Å². The summed E-state index contributed by atoms with van der Waals surface area (Å²) in [4.78, 5) is 15.4. The van der Waals surface area contributed by atoms with Crippen molar-refractivity contribution in [2.45, 2.75) is 0 Å². The molecule has 0 bridgehead atoms. The predicted molar refractivity (Wildman–Crippen MR) is 220 cm³/mol. The van der Waals surface area contributed by atoms with E-state index in [0.717, 1.165) is 38.5 Å². The molecule has 0 atom stereocenters. The van der Waals surface area contributed by atoms with Crippen molar-refractivity contribution in [1.29, 1.82) is 0 Å². The number of hydrogen-bond acceptors (Lipinski definition) is 3. The van der Waals surface area contributed by atoms with Crippen LogP contribution in [0.25, 0.3) is 105 Å². The molecule has 2 aromatic heterocycles. The van der Waals surface area contributed by atoms with Gasteiger partial charge in [0.25, 0.3) is 0 Å². The summed E-state index contributed by atoms with van der Waals surface area (Å²) in [6.07, 6.45) is 0. The van der Waals surface area contributed by atoms with Crippen LogP contribution in [0.3, 0.4) is 0 Å². The van der Waals surface area contributed by atoms with E-state index >= 15 is 0 Å². The lowest BCUT2D eigenvalue weighted by Crippen LogP contribution is -2.01. The van der Waals surface area contributed by atoms with Gasteiger partial charge < -0.3 is 4.57 Å². The zero-order valence-electron chi connectivity index (χ0n) is 28.6. The van der Waals surface area contributed by atoms with Gasteiger partial charge in [0.2, 0.25) is 0 Å². The maximum absolute atomic E-state index is 5.15. The topological polar surface area (TPSA) is 43.6 Å². The monoisotopic (exact) mass is 674 g/mol. The number of rotatable bonds is 4. The van der Waals surface area contributed by atoms with Crippen molar-refractivity contribution in [3.63, 3.8) is 0 Å². The molecule has 0 aliphatic rings. The van der Waals surface area contributed by atoms with Crippen molar-refractivity contribution < 1.29 is 0 Å². The van der Waals surface area contributed by atoms with Crippen molar-refractivity contribution in [2.24, 2.45) is 0 Å². The Morgan fingerprint density at radius 3 is 1.68 bits per heavy atom. The van der Waals surface area contributed by atoms with E-state index in [1.165, 1.54) is 48.7 Å². The normalized spacial score (nSPS) is 11.8. The Kier molecular flexibility index (Phi) is 6.52. The summed E-state index contributed by atoms with van der Waals surface area (Å²) in [7, 11) is 0. The second kappa shape index (κ2) is 11.7. The molecule has 11 aromatic rings. The van der Waals surface area contributed by atoms with Crippen LogP contribution in [0.5, 0.6) is 0 Å². The van der Waals surface area contributed by atoms with Crippen LogP contribution in [0.2, 0.25) is 0 Å². The lowest BCUT2D eigenvalue weighted by molar-refractivity contribution is 1.08. The Labute approximate surface area is 305 Å². The van der Waals surface area contributed by atoms with Crippen molar-refractivity contribution in [3.8, 4) is 39.9 Å². The number of fused-ring (bicyclic) bond motifs is 10.